The van der Waals surface area contributed by atoms with Crippen molar-refractivity contribution in [2.75, 3.05) is 24.6 Å². The molecule has 4 heterocycles. The Hall–Kier alpha value is -1.35. The maximum absolute atomic E-state index is 12.2. The summed E-state index contributed by atoms with van der Waals surface area (Å²) in [5.41, 5.74) is 1.29. The molecule has 7 nitrogen and oxygen atoms in total. The molecule has 3 fully saturated rings. The van der Waals surface area contributed by atoms with Crippen LogP contribution in [0.3, 0.4) is 0 Å². The second-order valence-corrected chi connectivity index (χ2v) is 9.33. The van der Waals surface area contributed by atoms with Gasteiger partial charge in [0.15, 0.2) is 18.3 Å². The number of carbonyl (C=O) groups is 1. The summed E-state index contributed by atoms with van der Waals surface area (Å²) in [7, 11) is 0. The lowest BCUT2D eigenvalue weighted by atomic mass is 10.1. The predicted molar refractivity (Wildman–Crippen MR) is 114 cm³/mol. The van der Waals surface area contributed by atoms with Crippen molar-refractivity contribution >= 4 is 46.2 Å². The molecule has 162 valence electrons. The molecule has 2 aromatic rings. The van der Waals surface area contributed by atoms with Gasteiger partial charge in [0.1, 0.15) is 24.1 Å². The van der Waals surface area contributed by atoms with Crippen molar-refractivity contribution in [3.63, 3.8) is 0 Å². The Morgan fingerprint density at radius 3 is 2.50 bits per heavy atom. The van der Waals surface area contributed by atoms with Gasteiger partial charge in [-0.05, 0) is 38.8 Å². The summed E-state index contributed by atoms with van der Waals surface area (Å²) in [6.07, 6.45) is 0.980. The van der Waals surface area contributed by atoms with Crippen molar-refractivity contribution < 1.29 is 24.1 Å². The number of aromatic nitrogens is 1. The number of halogens is 2. The van der Waals surface area contributed by atoms with Gasteiger partial charge in [0.05, 0.1) is 27.7 Å². The van der Waals surface area contributed by atoms with E-state index in [0.29, 0.717) is 21.0 Å². The van der Waals surface area contributed by atoms with Crippen LogP contribution in [-0.4, -0.2) is 59.8 Å². The molecule has 0 saturated carbocycles. The molecule has 30 heavy (non-hydrogen) atoms. The lowest BCUT2D eigenvalue weighted by molar-refractivity contribution is -0.199. The molecule has 1 aromatic carbocycles. The van der Waals surface area contributed by atoms with Crippen molar-refractivity contribution in [2.24, 2.45) is 0 Å². The number of anilines is 1. The van der Waals surface area contributed by atoms with Gasteiger partial charge >= 0.3 is 0 Å². The summed E-state index contributed by atoms with van der Waals surface area (Å²) in [4.78, 5) is 14.4. The van der Waals surface area contributed by atoms with Crippen LogP contribution in [0.25, 0.3) is 10.9 Å². The van der Waals surface area contributed by atoms with Crippen LogP contribution < -0.4 is 4.90 Å². The monoisotopic (exact) mass is 454 g/mol. The summed E-state index contributed by atoms with van der Waals surface area (Å²) in [5.74, 6) is -0.0258. The lowest BCUT2D eigenvalue weighted by Gasteiger charge is -2.29. The highest BCUT2D eigenvalue weighted by molar-refractivity contribution is 6.43. The van der Waals surface area contributed by atoms with E-state index in [4.69, 9.17) is 37.4 Å². The molecular formula is C21H24Cl2N2O5. The lowest BCUT2D eigenvalue weighted by Crippen LogP contribution is -2.31. The van der Waals surface area contributed by atoms with E-state index in [0.717, 1.165) is 43.6 Å². The van der Waals surface area contributed by atoms with Gasteiger partial charge in [-0.3, -0.25) is 9.36 Å². The Morgan fingerprint density at radius 2 is 1.83 bits per heavy atom. The van der Waals surface area contributed by atoms with Gasteiger partial charge in [-0.25, -0.2) is 0 Å². The number of nitrogens with zero attached hydrogens (tertiary/aromatic N) is 2. The molecule has 0 bridgehead atoms. The molecule has 4 atom stereocenters. The first-order valence-corrected chi connectivity index (χ1v) is 10.9. The van der Waals surface area contributed by atoms with E-state index < -0.39 is 30.3 Å². The number of aliphatic hydroxyl groups is 1. The third-order valence-electron chi connectivity index (χ3n) is 6.14. The zero-order valence-electron chi connectivity index (χ0n) is 16.8. The van der Waals surface area contributed by atoms with E-state index in [-0.39, 0.29) is 6.61 Å². The summed E-state index contributed by atoms with van der Waals surface area (Å²) < 4.78 is 20.4. The fourth-order valence-corrected chi connectivity index (χ4v) is 5.28. The quantitative estimate of drug-likeness (QED) is 0.708. The first-order valence-electron chi connectivity index (χ1n) is 10.2. The van der Waals surface area contributed by atoms with Crippen molar-refractivity contribution in [3.05, 3.63) is 27.7 Å². The summed E-state index contributed by atoms with van der Waals surface area (Å²) in [6.45, 7) is 5.18. The summed E-state index contributed by atoms with van der Waals surface area (Å²) >= 11 is 12.6. The van der Waals surface area contributed by atoms with Gasteiger partial charge in [0.25, 0.3) is 0 Å². The van der Waals surface area contributed by atoms with Crippen molar-refractivity contribution in [1.29, 1.82) is 0 Å². The minimum absolute atomic E-state index is 0.192. The molecule has 3 aliphatic heterocycles. The normalized spacial score (nSPS) is 30.4. The highest BCUT2D eigenvalue weighted by Gasteiger charge is 2.56. The maximum atomic E-state index is 12.2. The summed E-state index contributed by atoms with van der Waals surface area (Å²) in [6, 6.07) is 3.49. The standard InChI is InChI=1S/C21H24Cl2N2O5/c1-21(2)29-17-16(10-27)28-20(18(17)30-21)25-15-8-14(23)13(22)7-11(15)12(9-26)19(25)24-5-3-4-6-24/h7-9,16-18,20,27H,3-6,10H2,1-2H3/t16-,17?,18?,20-/m1/s1. The fourth-order valence-electron chi connectivity index (χ4n) is 4.96. The second-order valence-electron chi connectivity index (χ2n) is 8.52. The third-order valence-corrected chi connectivity index (χ3v) is 6.86. The number of hydrogen-bond acceptors (Lipinski definition) is 6. The molecule has 0 amide bonds. The first-order chi connectivity index (χ1) is 14.3. The van der Waals surface area contributed by atoms with E-state index in [1.165, 1.54) is 0 Å². The molecule has 3 saturated heterocycles. The zero-order chi connectivity index (χ0) is 21.2. The molecule has 0 radical (unpaired) electrons. The molecule has 1 aromatic heterocycles. The van der Waals surface area contributed by atoms with Gasteiger partial charge in [-0.1, -0.05) is 23.2 Å². The van der Waals surface area contributed by atoms with Crippen molar-refractivity contribution in [3.8, 4) is 0 Å². The number of benzene rings is 1. The second kappa shape index (κ2) is 7.36. The molecular weight excluding hydrogens is 431 g/mol. The Morgan fingerprint density at radius 1 is 1.17 bits per heavy atom. The van der Waals surface area contributed by atoms with Crippen LogP contribution in [0.4, 0.5) is 5.82 Å². The SMILES string of the molecule is CC1(C)OC2C(O1)[C@@H](CO)O[C@H]2n1c(N2CCCC2)c(C=O)c2cc(Cl)c(Cl)cc21. The van der Waals surface area contributed by atoms with Crippen LogP contribution >= 0.6 is 23.2 Å². The molecule has 3 aliphatic rings. The van der Waals surface area contributed by atoms with Crippen LogP contribution in [-0.2, 0) is 14.2 Å². The fraction of sp³-hybridized carbons (Fsp3) is 0.571. The number of fused-ring (bicyclic) bond motifs is 2. The Balaban J connectivity index is 1.74. The Kier molecular flexibility index (Phi) is 5.04. The van der Waals surface area contributed by atoms with Gasteiger partial charge in [0.2, 0.25) is 0 Å². The van der Waals surface area contributed by atoms with E-state index in [2.05, 4.69) is 4.90 Å². The van der Waals surface area contributed by atoms with Gasteiger partial charge in [-0.2, -0.15) is 0 Å². The number of aldehydes is 1. The topological polar surface area (TPSA) is 73.2 Å². The number of rotatable bonds is 4. The van der Waals surface area contributed by atoms with Gasteiger partial charge in [-0.15, -0.1) is 0 Å². The number of carbonyl (C=O) groups excluding carboxylic acids is 1. The molecule has 1 N–H and O–H groups in total. The predicted octanol–water partition coefficient (Wildman–Crippen LogP) is 3.77. The van der Waals surface area contributed by atoms with Crippen LogP contribution in [0.2, 0.25) is 10.0 Å². The van der Waals surface area contributed by atoms with Crippen LogP contribution in [0, 0.1) is 0 Å². The van der Waals surface area contributed by atoms with Crippen molar-refractivity contribution in [2.45, 2.75) is 57.0 Å². The summed E-state index contributed by atoms with van der Waals surface area (Å²) in [5, 5.41) is 11.4. The Labute approximate surface area is 184 Å². The minimum atomic E-state index is -0.796. The first kappa shape index (κ1) is 20.5. The van der Waals surface area contributed by atoms with E-state index in [1.54, 1.807) is 12.1 Å². The molecule has 0 spiro atoms. The van der Waals surface area contributed by atoms with Gasteiger partial charge in [0, 0.05) is 18.5 Å². The van der Waals surface area contributed by atoms with Crippen LogP contribution in [0.1, 0.15) is 43.3 Å². The maximum Gasteiger partial charge on any atom is 0.165 e. The van der Waals surface area contributed by atoms with Crippen molar-refractivity contribution in [1.82, 2.24) is 4.57 Å². The highest BCUT2D eigenvalue weighted by atomic mass is 35.5. The molecule has 5 rings (SSSR count). The largest absolute Gasteiger partial charge is 0.394 e. The highest BCUT2D eigenvalue weighted by Crippen LogP contribution is 2.48. The zero-order valence-corrected chi connectivity index (χ0v) is 18.3. The minimum Gasteiger partial charge on any atom is -0.394 e. The van der Waals surface area contributed by atoms with Crippen LogP contribution in [0.15, 0.2) is 12.1 Å². The molecule has 0 aliphatic carbocycles. The molecule has 2 unspecified atom stereocenters. The van der Waals surface area contributed by atoms with E-state index >= 15 is 0 Å². The number of aliphatic hydroxyl groups excluding tert-OH is 1. The average molecular weight is 455 g/mol. The number of ether oxygens (including phenoxy) is 3. The smallest absolute Gasteiger partial charge is 0.165 e. The number of hydrogen-bond donors (Lipinski definition) is 1. The van der Waals surface area contributed by atoms with E-state index in [1.807, 2.05) is 18.4 Å². The van der Waals surface area contributed by atoms with Gasteiger partial charge < -0.3 is 24.2 Å². The average Bonchev–Trinajstić information content (AvgIpc) is 3.44. The molecule has 9 heteroatoms. The van der Waals surface area contributed by atoms with E-state index in [9.17, 15) is 9.90 Å². The Bertz CT molecular complexity index is 1000. The van der Waals surface area contributed by atoms with Crippen LogP contribution in [0.5, 0.6) is 0 Å². The third kappa shape index (κ3) is 3.06.